The molecule has 2 aromatic rings. The Kier molecular flexibility index (Phi) is 6.85. The van der Waals surface area contributed by atoms with E-state index >= 15 is 0 Å². The van der Waals surface area contributed by atoms with Gasteiger partial charge in [-0.1, -0.05) is 23.8 Å². The normalized spacial score (nSPS) is 31.5. The van der Waals surface area contributed by atoms with Crippen LogP contribution < -0.4 is 19.8 Å². The van der Waals surface area contributed by atoms with Crippen molar-refractivity contribution in [2.75, 3.05) is 26.2 Å². The molecule has 2 aliphatic heterocycles. The number of alkyl halides is 2. The number of ether oxygens (including phenoxy) is 2. The average molecular weight is 629 g/mol. The van der Waals surface area contributed by atoms with Crippen LogP contribution in [0.3, 0.4) is 0 Å². The number of phenols is 1. The Labute approximate surface area is 256 Å². The smallest absolute Gasteiger partial charge is 0.488 e. The Bertz CT molecular complexity index is 1630. The van der Waals surface area contributed by atoms with Crippen LogP contribution in [0.2, 0.25) is 0 Å². The highest BCUT2D eigenvalue weighted by atomic mass is 35.5. The van der Waals surface area contributed by atoms with Gasteiger partial charge in [-0.25, -0.2) is 0 Å². The van der Waals surface area contributed by atoms with Gasteiger partial charge >= 0.3 is 7.12 Å². The van der Waals surface area contributed by atoms with E-state index in [4.69, 9.17) is 32.7 Å². The highest BCUT2D eigenvalue weighted by molar-refractivity contribution is 6.58. The second-order valence-electron chi connectivity index (χ2n) is 11.2. The van der Waals surface area contributed by atoms with Gasteiger partial charge in [0.05, 0.1) is 31.7 Å². The minimum Gasteiger partial charge on any atom is -0.507 e. The first-order chi connectivity index (χ1) is 20.3. The summed E-state index contributed by atoms with van der Waals surface area (Å²) in [6, 6.07) is 8.63. The molecule has 14 heteroatoms. The standard InChI is InChI=1S/C29H27BCl2N2O9/c1-33-26(38)28(31)12-18-16(23(29(28,32)27(33)39)22-19(35)10-15(42-2)11-20(22)43-3)7-8-17-21(18)25(37)34(24(17)36)14-6-4-5-13(9-14)30(40)41/h4-7,9-11,17-18,21,23,35,40-41H,8,12H2,1-3H3. The molecule has 1 saturated carbocycles. The minimum atomic E-state index is -2.11. The fourth-order valence-electron chi connectivity index (χ4n) is 7.30. The summed E-state index contributed by atoms with van der Waals surface area (Å²) in [4.78, 5) is 53.0. The highest BCUT2D eigenvalue weighted by Gasteiger charge is 2.76. The predicted octanol–water partition coefficient (Wildman–Crippen LogP) is 1.28. The molecule has 11 nitrogen and oxygen atoms in total. The van der Waals surface area contributed by atoms with Crippen molar-refractivity contribution >= 4 is 65.1 Å². The van der Waals surface area contributed by atoms with Gasteiger partial charge in [0.25, 0.3) is 11.8 Å². The molecule has 2 saturated heterocycles. The van der Waals surface area contributed by atoms with Crippen LogP contribution in [-0.4, -0.2) is 81.8 Å². The Balaban J connectivity index is 1.54. The molecule has 43 heavy (non-hydrogen) atoms. The van der Waals surface area contributed by atoms with Crippen LogP contribution in [0.25, 0.3) is 0 Å². The number of nitrogens with zero attached hydrogens (tertiary/aromatic N) is 2. The van der Waals surface area contributed by atoms with Crippen LogP contribution >= 0.6 is 23.2 Å². The molecular weight excluding hydrogens is 602 g/mol. The van der Waals surface area contributed by atoms with Crippen LogP contribution in [0, 0.1) is 17.8 Å². The van der Waals surface area contributed by atoms with E-state index in [1.807, 2.05) is 0 Å². The lowest BCUT2D eigenvalue weighted by atomic mass is 9.56. The average Bonchev–Trinajstić information content (AvgIpc) is 3.32. The second kappa shape index (κ2) is 9.98. The van der Waals surface area contributed by atoms with E-state index in [2.05, 4.69) is 0 Å². The number of halogens is 2. The van der Waals surface area contributed by atoms with Gasteiger partial charge in [0.15, 0.2) is 9.75 Å². The zero-order valence-corrected chi connectivity index (χ0v) is 24.8. The number of methoxy groups -OCH3 is 2. The molecule has 0 bridgehead atoms. The van der Waals surface area contributed by atoms with Gasteiger partial charge in [-0.15, -0.1) is 23.2 Å². The maximum absolute atomic E-state index is 14.1. The van der Waals surface area contributed by atoms with E-state index in [0.717, 1.165) is 9.80 Å². The summed E-state index contributed by atoms with van der Waals surface area (Å²) in [6.07, 6.45) is 1.62. The number of imide groups is 2. The monoisotopic (exact) mass is 628 g/mol. The number of amides is 4. The van der Waals surface area contributed by atoms with Crippen molar-refractivity contribution in [1.29, 1.82) is 0 Å². The number of carbonyl (C=O) groups excluding carboxylic acids is 4. The number of rotatable bonds is 5. The third-order valence-electron chi connectivity index (χ3n) is 9.28. The SMILES string of the molecule is COc1cc(O)c(C2C3=CCC4C(=O)N(c5cccc(B(O)O)c5)C(=O)C4C3CC3(Cl)C(=O)N(C)C(=O)C23Cl)c(OC)c1. The molecular formula is C29H27BCl2N2O9. The topological polar surface area (TPSA) is 154 Å². The number of aromatic hydroxyl groups is 1. The van der Waals surface area contributed by atoms with Crippen molar-refractivity contribution in [2.45, 2.75) is 28.5 Å². The Morgan fingerprint density at radius 2 is 1.70 bits per heavy atom. The van der Waals surface area contributed by atoms with Crippen molar-refractivity contribution in [3.05, 3.63) is 53.6 Å². The summed E-state index contributed by atoms with van der Waals surface area (Å²) >= 11 is 14.4. The van der Waals surface area contributed by atoms with Crippen molar-refractivity contribution in [2.24, 2.45) is 17.8 Å². The van der Waals surface area contributed by atoms with Crippen molar-refractivity contribution < 1.29 is 43.8 Å². The Hall–Kier alpha value is -3.58. The largest absolute Gasteiger partial charge is 0.507 e. The lowest BCUT2D eigenvalue weighted by molar-refractivity contribution is -0.138. The first-order valence-electron chi connectivity index (χ1n) is 13.5. The number of anilines is 1. The minimum absolute atomic E-state index is 0.0902. The van der Waals surface area contributed by atoms with E-state index in [9.17, 15) is 34.3 Å². The summed E-state index contributed by atoms with van der Waals surface area (Å²) in [7, 11) is 2.22. The third-order valence-corrected chi connectivity index (χ3v) is 10.7. The Morgan fingerprint density at radius 1 is 0.977 bits per heavy atom. The molecule has 3 fully saturated rings. The molecule has 3 N–H and O–H groups in total. The number of allylic oxidation sites excluding steroid dienone is 2. The fourth-order valence-corrected chi connectivity index (χ4v) is 8.31. The van der Waals surface area contributed by atoms with Crippen LogP contribution in [-0.2, 0) is 19.2 Å². The number of fused-ring (bicyclic) bond motifs is 4. The second-order valence-corrected chi connectivity index (χ2v) is 12.5. The van der Waals surface area contributed by atoms with Gasteiger partial charge in [0, 0.05) is 30.7 Å². The molecule has 6 unspecified atom stereocenters. The number of likely N-dealkylation sites (tertiary alicyclic amines) is 1. The lowest BCUT2D eigenvalue weighted by Crippen LogP contribution is -2.60. The summed E-state index contributed by atoms with van der Waals surface area (Å²) in [5.74, 6) is -6.37. The molecule has 2 aromatic carbocycles. The number of hydrogen-bond acceptors (Lipinski definition) is 9. The molecule has 4 aliphatic rings. The van der Waals surface area contributed by atoms with E-state index in [1.165, 1.54) is 57.7 Å². The first kappa shape index (κ1) is 29.5. The van der Waals surface area contributed by atoms with Gasteiger partial charge in [-0.2, -0.15) is 0 Å². The zero-order chi connectivity index (χ0) is 31.2. The lowest BCUT2D eigenvalue weighted by Gasteiger charge is -2.51. The molecule has 0 aromatic heterocycles. The van der Waals surface area contributed by atoms with Crippen LogP contribution in [0.15, 0.2) is 48.0 Å². The van der Waals surface area contributed by atoms with E-state index < -0.39 is 64.2 Å². The maximum Gasteiger partial charge on any atom is 0.488 e. The fraction of sp³-hybridized carbons (Fsp3) is 0.379. The van der Waals surface area contributed by atoms with Crippen LogP contribution in [0.1, 0.15) is 24.3 Å². The van der Waals surface area contributed by atoms with Gasteiger partial charge < -0.3 is 24.6 Å². The molecule has 2 heterocycles. The number of hydrogen-bond donors (Lipinski definition) is 3. The van der Waals surface area contributed by atoms with Gasteiger partial charge in [-0.05, 0) is 36.4 Å². The molecule has 6 atom stereocenters. The van der Waals surface area contributed by atoms with Crippen molar-refractivity contribution in [3.63, 3.8) is 0 Å². The first-order valence-corrected chi connectivity index (χ1v) is 14.3. The summed E-state index contributed by atoms with van der Waals surface area (Å²) in [5.41, 5.74) is 0.826. The van der Waals surface area contributed by atoms with Crippen LogP contribution in [0.4, 0.5) is 5.69 Å². The van der Waals surface area contributed by atoms with Gasteiger partial charge in [0.2, 0.25) is 11.8 Å². The van der Waals surface area contributed by atoms with Crippen LogP contribution in [0.5, 0.6) is 17.2 Å². The molecule has 0 radical (unpaired) electrons. The molecule has 4 amide bonds. The molecule has 6 rings (SSSR count). The van der Waals surface area contributed by atoms with Gasteiger partial charge in [0.1, 0.15) is 17.2 Å². The number of carbonyl (C=O) groups is 4. The zero-order valence-electron chi connectivity index (χ0n) is 23.3. The van der Waals surface area contributed by atoms with Crippen molar-refractivity contribution in [1.82, 2.24) is 4.90 Å². The molecule has 224 valence electrons. The number of phenolic OH excluding ortho intramolecular Hbond substituents is 1. The number of benzene rings is 2. The quantitative estimate of drug-likeness (QED) is 0.192. The highest BCUT2D eigenvalue weighted by Crippen LogP contribution is 2.67. The van der Waals surface area contributed by atoms with Crippen molar-refractivity contribution in [3.8, 4) is 17.2 Å². The van der Waals surface area contributed by atoms with E-state index in [-0.39, 0.29) is 46.8 Å². The molecule has 2 aliphatic carbocycles. The predicted molar refractivity (Wildman–Crippen MR) is 155 cm³/mol. The summed E-state index contributed by atoms with van der Waals surface area (Å²) in [6.45, 7) is 0. The molecule has 0 spiro atoms. The van der Waals surface area contributed by atoms with E-state index in [1.54, 1.807) is 6.08 Å². The maximum atomic E-state index is 14.1. The summed E-state index contributed by atoms with van der Waals surface area (Å²) in [5, 5.41) is 30.6. The Morgan fingerprint density at radius 3 is 2.35 bits per heavy atom. The van der Waals surface area contributed by atoms with E-state index in [0.29, 0.717) is 5.57 Å². The van der Waals surface area contributed by atoms with Gasteiger partial charge in [-0.3, -0.25) is 29.0 Å². The third kappa shape index (κ3) is 3.83. The summed E-state index contributed by atoms with van der Waals surface area (Å²) < 4.78 is 10.9.